The molecule has 1 heterocycles. The topological polar surface area (TPSA) is 30.8 Å². The number of ether oxygens (including phenoxy) is 1. The van der Waals surface area contributed by atoms with E-state index in [-0.39, 0.29) is 6.10 Å². The summed E-state index contributed by atoms with van der Waals surface area (Å²) in [5.74, 6) is 0. The standard InChI is InChI=1S/C11H13NO2/c1-13-8-10-7-11(12-14-10)9-5-3-2-4-6-9/h2-6,10H,7-8H2,1H3. The highest BCUT2D eigenvalue weighted by molar-refractivity contribution is 6.01. The molecule has 1 aromatic carbocycles. The normalized spacial score (nSPS) is 20.4. The van der Waals surface area contributed by atoms with Crippen LogP contribution in [-0.2, 0) is 9.57 Å². The molecule has 0 saturated carbocycles. The molecule has 0 spiro atoms. The quantitative estimate of drug-likeness (QED) is 0.729. The molecule has 1 aliphatic rings. The zero-order valence-corrected chi connectivity index (χ0v) is 8.14. The van der Waals surface area contributed by atoms with Crippen LogP contribution >= 0.6 is 0 Å². The summed E-state index contributed by atoms with van der Waals surface area (Å²) in [6, 6.07) is 10.1. The number of nitrogens with zero attached hydrogens (tertiary/aromatic N) is 1. The molecule has 0 radical (unpaired) electrons. The van der Waals surface area contributed by atoms with E-state index in [1.54, 1.807) is 7.11 Å². The number of hydrogen-bond donors (Lipinski definition) is 0. The van der Waals surface area contributed by atoms with E-state index in [1.165, 1.54) is 0 Å². The SMILES string of the molecule is COCC1CC(c2ccccc2)=NO1. The van der Waals surface area contributed by atoms with E-state index in [4.69, 9.17) is 9.57 Å². The van der Waals surface area contributed by atoms with Gasteiger partial charge < -0.3 is 9.57 Å². The Morgan fingerprint density at radius 1 is 1.43 bits per heavy atom. The molecule has 0 saturated heterocycles. The number of oxime groups is 1. The van der Waals surface area contributed by atoms with Crippen molar-refractivity contribution < 1.29 is 9.57 Å². The monoisotopic (exact) mass is 191 g/mol. The lowest BCUT2D eigenvalue weighted by atomic mass is 10.1. The Balaban J connectivity index is 2.02. The van der Waals surface area contributed by atoms with Gasteiger partial charge in [-0.05, 0) is 5.56 Å². The molecule has 0 bridgehead atoms. The molecule has 0 aromatic heterocycles. The smallest absolute Gasteiger partial charge is 0.156 e. The molecule has 3 nitrogen and oxygen atoms in total. The van der Waals surface area contributed by atoms with Gasteiger partial charge in [0.05, 0.1) is 12.3 Å². The maximum Gasteiger partial charge on any atom is 0.156 e. The van der Waals surface area contributed by atoms with Gasteiger partial charge in [0.1, 0.15) is 0 Å². The average molecular weight is 191 g/mol. The van der Waals surface area contributed by atoms with Crippen molar-refractivity contribution in [1.82, 2.24) is 0 Å². The van der Waals surface area contributed by atoms with Gasteiger partial charge in [-0.3, -0.25) is 0 Å². The third kappa shape index (κ3) is 1.93. The maximum absolute atomic E-state index is 5.22. The summed E-state index contributed by atoms with van der Waals surface area (Å²) in [5, 5.41) is 4.04. The molecular formula is C11H13NO2. The molecule has 0 amide bonds. The van der Waals surface area contributed by atoms with Crippen LogP contribution in [0.1, 0.15) is 12.0 Å². The third-order valence-corrected chi connectivity index (χ3v) is 2.19. The second-order valence-corrected chi connectivity index (χ2v) is 3.29. The first-order valence-corrected chi connectivity index (χ1v) is 4.67. The van der Waals surface area contributed by atoms with Crippen LogP contribution in [0.2, 0.25) is 0 Å². The summed E-state index contributed by atoms with van der Waals surface area (Å²) in [6.07, 6.45) is 0.910. The van der Waals surface area contributed by atoms with Crippen molar-refractivity contribution in [2.75, 3.05) is 13.7 Å². The van der Waals surface area contributed by atoms with Crippen LogP contribution in [0, 0.1) is 0 Å². The Morgan fingerprint density at radius 3 is 2.93 bits per heavy atom. The van der Waals surface area contributed by atoms with E-state index in [1.807, 2.05) is 30.3 Å². The molecule has 1 unspecified atom stereocenters. The predicted octanol–water partition coefficient (Wildman–Crippen LogP) is 1.83. The highest BCUT2D eigenvalue weighted by Gasteiger charge is 2.21. The Kier molecular flexibility index (Phi) is 2.79. The summed E-state index contributed by atoms with van der Waals surface area (Å²) < 4.78 is 5.01. The van der Waals surface area contributed by atoms with Gasteiger partial charge in [0.25, 0.3) is 0 Å². The maximum atomic E-state index is 5.22. The van der Waals surface area contributed by atoms with Crippen molar-refractivity contribution in [3.63, 3.8) is 0 Å². The Bertz CT molecular complexity index is 321. The van der Waals surface area contributed by atoms with Crippen molar-refractivity contribution in [3.05, 3.63) is 35.9 Å². The van der Waals surface area contributed by atoms with E-state index < -0.39 is 0 Å². The van der Waals surface area contributed by atoms with Gasteiger partial charge in [-0.25, -0.2) is 0 Å². The van der Waals surface area contributed by atoms with Crippen LogP contribution < -0.4 is 0 Å². The van der Waals surface area contributed by atoms with Crippen LogP contribution in [0.15, 0.2) is 35.5 Å². The van der Waals surface area contributed by atoms with Gasteiger partial charge in [-0.15, -0.1) is 0 Å². The van der Waals surface area contributed by atoms with Crippen LogP contribution in [0.5, 0.6) is 0 Å². The van der Waals surface area contributed by atoms with Gasteiger partial charge >= 0.3 is 0 Å². The molecule has 3 heteroatoms. The number of rotatable bonds is 3. The second-order valence-electron chi connectivity index (χ2n) is 3.29. The van der Waals surface area contributed by atoms with Crippen molar-refractivity contribution in [3.8, 4) is 0 Å². The van der Waals surface area contributed by atoms with Crippen molar-refractivity contribution in [1.29, 1.82) is 0 Å². The second kappa shape index (κ2) is 4.24. The fourth-order valence-electron chi connectivity index (χ4n) is 1.50. The molecule has 1 aromatic rings. The van der Waals surface area contributed by atoms with Gasteiger partial charge in [0.15, 0.2) is 6.10 Å². The molecule has 74 valence electrons. The molecule has 1 atom stereocenters. The van der Waals surface area contributed by atoms with Crippen LogP contribution in [0.4, 0.5) is 0 Å². The van der Waals surface area contributed by atoms with E-state index in [2.05, 4.69) is 5.16 Å². The molecule has 1 aliphatic heterocycles. The zero-order chi connectivity index (χ0) is 9.80. The zero-order valence-electron chi connectivity index (χ0n) is 8.14. The minimum absolute atomic E-state index is 0.0789. The highest BCUT2D eigenvalue weighted by atomic mass is 16.7. The Morgan fingerprint density at radius 2 is 2.21 bits per heavy atom. The summed E-state index contributed by atoms with van der Waals surface area (Å²) in [7, 11) is 1.67. The lowest BCUT2D eigenvalue weighted by Crippen LogP contribution is -2.14. The molecule has 2 rings (SSSR count). The van der Waals surface area contributed by atoms with Gasteiger partial charge in [0, 0.05) is 13.5 Å². The lowest BCUT2D eigenvalue weighted by Gasteiger charge is -2.04. The first-order valence-electron chi connectivity index (χ1n) is 4.67. The van der Waals surface area contributed by atoms with E-state index in [9.17, 15) is 0 Å². The van der Waals surface area contributed by atoms with E-state index in [0.29, 0.717) is 6.61 Å². The first kappa shape index (κ1) is 9.21. The molecule has 0 N–H and O–H groups in total. The third-order valence-electron chi connectivity index (χ3n) is 2.19. The van der Waals surface area contributed by atoms with Crippen LogP contribution in [0.25, 0.3) is 0 Å². The fraction of sp³-hybridized carbons (Fsp3) is 0.364. The molecule has 14 heavy (non-hydrogen) atoms. The summed E-state index contributed by atoms with van der Waals surface area (Å²) in [5.41, 5.74) is 2.14. The Labute approximate surface area is 83.3 Å². The summed E-state index contributed by atoms with van der Waals surface area (Å²) in [4.78, 5) is 5.22. The van der Waals surface area contributed by atoms with Gasteiger partial charge in [-0.1, -0.05) is 35.5 Å². The van der Waals surface area contributed by atoms with E-state index >= 15 is 0 Å². The van der Waals surface area contributed by atoms with Crippen molar-refractivity contribution in [2.45, 2.75) is 12.5 Å². The van der Waals surface area contributed by atoms with Crippen LogP contribution in [-0.4, -0.2) is 25.5 Å². The molecule has 0 fully saturated rings. The van der Waals surface area contributed by atoms with Crippen LogP contribution in [0.3, 0.4) is 0 Å². The highest BCUT2D eigenvalue weighted by Crippen LogP contribution is 2.16. The van der Waals surface area contributed by atoms with Crippen molar-refractivity contribution in [2.24, 2.45) is 5.16 Å². The number of benzene rings is 1. The molecule has 0 aliphatic carbocycles. The Hall–Kier alpha value is -1.35. The average Bonchev–Trinajstić information content (AvgIpc) is 2.68. The minimum Gasteiger partial charge on any atom is -0.389 e. The minimum atomic E-state index is 0.0789. The summed E-state index contributed by atoms with van der Waals surface area (Å²) >= 11 is 0. The number of methoxy groups -OCH3 is 1. The fourth-order valence-corrected chi connectivity index (χ4v) is 1.50. The van der Waals surface area contributed by atoms with E-state index in [0.717, 1.165) is 17.7 Å². The van der Waals surface area contributed by atoms with Crippen molar-refractivity contribution >= 4 is 5.71 Å². The molecular weight excluding hydrogens is 178 g/mol. The van der Waals surface area contributed by atoms with Gasteiger partial charge in [-0.2, -0.15) is 0 Å². The first-order chi connectivity index (χ1) is 6.90. The summed E-state index contributed by atoms with van der Waals surface area (Å²) in [6.45, 7) is 0.597. The number of hydrogen-bond acceptors (Lipinski definition) is 3. The predicted molar refractivity (Wildman–Crippen MR) is 54.3 cm³/mol. The largest absolute Gasteiger partial charge is 0.389 e. The van der Waals surface area contributed by atoms with Gasteiger partial charge in [0.2, 0.25) is 0 Å². The lowest BCUT2D eigenvalue weighted by molar-refractivity contribution is 0.0208.